The largest absolute Gasteiger partial charge is 0.344 e. The van der Waals surface area contributed by atoms with Crippen LogP contribution >= 0.6 is 11.3 Å². The van der Waals surface area contributed by atoms with Crippen molar-refractivity contribution in [2.75, 3.05) is 0 Å². The van der Waals surface area contributed by atoms with Crippen LogP contribution in [-0.4, -0.2) is 16.5 Å². The molecule has 84 valence electrons. The minimum Gasteiger partial charge on any atom is -0.344 e. The van der Waals surface area contributed by atoms with E-state index < -0.39 is 0 Å². The summed E-state index contributed by atoms with van der Waals surface area (Å²) in [6, 6.07) is 8.05. The molecule has 3 rings (SSSR count). The highest BCUT2D eigenvalue weighted by molar-refractivity contribution is 7.12. The van der Waals surface area contributed by atoms with Crippen molar-refractivity contribution in [2.45, 2.75) is 6.92 Å². The Hall–Kier alpha value is -1.94. The van der Waals surface area contributed by atoms with Gasteiger partial charge in [-0.25, -0.2) is 9.98 Å². The lowest BCUT2D eigenvalue weighted by atomic mass is 10.3. The molecule has 0 aromatic carbocycles. The lowest BCUT2D eigenvalue weighted by Crippen LogP contribution is -1.90. The van der Waals surface area contributed by atoms with Crippen molar-refractivity contribution in [3.63, 3.8) is 0 Å². The van der Waals surface area contributed by atoms with Crippen molar-refractivity contribution in [2.24, 2.45) is 9.98 Å². The molecule has 2 aromatic rings. The standard InChI is InChI=1S/C13H11N3S/c1-9-4-6-12(14-9)16-13-7-5-10(15-13)11-3-2-8-17-11/h2-8,14H,1H3. The summed E-state index contributed by atoms with van der Waals surface area (Å²) in [6.07, 6.45) is 3.94. The molecule has 1 aliphatic rings. The van der Waals surface area contributed by atoms with Crippen molar-refractivity contribution in [1.82, 2.24) is 4.98 Å². The molecule has 1 aliphatic heterocycles. The number of hydrogen-bond acceptors (Lipinski definition) is 2. The van der Waals surface area contributed by atoms with Crippen molar-refractivity contribution in [3.8, 4) is 0 Å². The fraction of sp³-hybridized carbons (Fsp3) is 0.0769. The van der Waals surface area contributed by atoms with Gasteiger partial charge < -0.3 is 4.98 Å². The van der Waals surface area contributed by atoms with Crippen LogP contribution in [0, 0.1) is 6.92 Å². The number of H-pyrrole nitrogens is 1. The number of thiophene rings is 1. The van der Waals surface area contributed by atoms with Crippen LogP contribution in [0.5, 0.6) is 0 Å². The maximum absolute atomic E-state index is 4.48. The Morgan fingerprint density at radius 1 is 1.24 bits per heavy atom. The van der Waals surface area contributed by atoms with Gasteiger partial charge in [0.2, 0.25) is 0 Å². The molecule has 0 amide bonds. The first-order chi connectivity index (χ1) is 8.31. The fourth-order valence-corrected chi connectivity index (χ4v) is 2.35. The maximum atomic E-state index is 4.48. The highest BCUT2D eigenvalue weighted by Crippen LogP contribution is 2.17. The molecule has 0 saturated heterocycles. The third-order valence-corrected chi connectivity index (χ3v) is 3.34. The maximum Gasteiger partial charge on any atom is 0.155 e. The van der Waals surface area contributed by atoms with E-state index in [0.29, 0.717) is 0 Å². The Morgan fingerprint density at radius 2 is 2.18 bits per heavy atom. The zero-order chi connectivity index (χ0) is 11.7. The van der Waals surface area contributed by atoms with E-state index in [1.807, 2.05) is 37.3 Å². The average Bonchev–Trinajstić information content (AvgIpc) is 3.00. The number of amidine groups is 1. The molecular formula is C13H11N3S. The van der Waals surface area contributed by atoms with Crippen LogP contribution < -0.4 is 0 Å². The number of aromatic amines is 1. The average molecular weight is 241 g/mol. The second-order valence-corrected chi connectivity index (χ2v) is 4.75. The Morgan fingerprint density at radius 3 is 2.88 bits per heavy atom. The minimum absolute atomic E-state index is 0.746. The van der Waals surface area contributed by atoms with Crippen LogP contribution in [0.2, 0.25) is 0 Å². The molecule has 0 aliphatic carbocycles. The summed E-state index contributed by atoms with van der Waals surface area (Å²) >= 11 is 1.69. The van der Waals surface area contributed by atoms with E-state index in [1.54, 1.807) is 11.3 Å². The lowest BCUT2D eigenvalue weighted by Gasteiger charge is -1.91. The minimum atomic E-state index is 0.746. The van der Waals surface area contributed by atoms with Crippen LogP contribution in [0.4, 0.5) is 5.82 Å². The predicted octanol–water partition coefficient (Wildman–Crippen LogP) is 3.47. The van der Waals surface area contributed by atoms with Crippen LogP contribution in [0.1, 0.15) is 10.6 Å². The predicted molar refractivity (Wildman–Crippen MR) is 72.6 cm³/mol. The second-order valence-electron chi connectivity index (χ2n) is 3.80. The van der Waals surface area contributed by atoms with E-state index in [0.717, 1.165) is 23.1 Å². The molecule has 0 fully saturated rings. The van der Waals surface area contributed by atoms with E-state index in [9.17, 15) is 0 Å². The molecule has 1 N–H and O–H groups in total. The van der Waals surface area contributed by atoms with Gasteiger partial charge >= 0.3 is 0 Å². The Labute approximate surface area is 103 Å². The summed E-state index contributed by atoms with van der Waals surface area (Å²) in [5, 5.41) is 2.05. The molecule has 17 heavy (non-hydrogen) atoms. The summed E-state index contributed by atoms with van der Waals surface area (Å²) in [4.78, 5) is 13.3. The van der Waals surface area contributed by atoms with E-state index >= 15 is 0 Å². The molecule has 2 aromatic heterocycles. The SMILES string of the molecule is Cc1ccc(N=C2C=CC(c3cccs3)=N2)[nH]1. The molecule has 0 bridgehead atoms. The zero-order valence-corrected chi connectivity index (χ0v) is 10.2. The van der Waals surface area contributed by atoms with Crippen molar-refractivity contribution < 1.29 is 0 Å². The van der Waals surface area contributed by atoms with Crippen LogP contribution in [0.15, 0.2) is 51.8 Å². The molecular weight excluding hydrogens is 230 g/mol. The molecule has 0 radical (unpaired) electrons. The number of nitrogens with zero attached hydrogens (tertiary/aromatic N) is 2. The van der Waals surface area contributed by atoms with E-state index in [4.69, 9.17) is 0 Å². The monoisotopic (exact) mass is 241 g/mol. The first-order valence-electron chi connectivity index (χ1n) is 5.36. The van der Waals surface area contributed by atoms with Gasteiger partial charge in [-0.15, -0.1) is 11.3 Å². The quantitative estimate of drug-likeness (QED) is 0.836. The van der Waals surface area contributed by atoms with Crippen molar-refractivity contribution in [3.05, 3.63) is 52.4 Å². The van der Waals surface area contributed by atoms with Crippen LogP contribution in [-0.2, 0) is 0 Å². The lowest BCUT2D eigenvalue weighted by molar-refractivity contribution is 1.24. The number of aryl methyl sites for hydroxylation is 1. The topological polar surface area (TPSA) is 40.5 Å². The number of nitrogens with one attached hydrogen (secondary N) is 1. The van der Waals surface area contributed by atoms with Gasteiger partial charge in [-0.05, 0) is 42.7 Å². The van der Waals surface area contributed by atoms with E-state index in [1.165, 1.54) is 4.88 Å². The van der Waals surface area contributed by atoms with Crippen molar-refractivity contribution >= 4 is 28.7 Å². The van der Waals surface area contributed by atoms with Gasteiger partial charge in [0.25, 0.3) is 0 Å². The second kappa shape index (κ2) is 4.14. The van der Waals surface area contributed by atoms with Crippen LogP contribution in [0.25, 0.3) is 0 Å². The number of rotatable bonds is 2. The summed E-state index contributed by atoms with van der Waals surface area (Å²) in [7, 11) is 0. The molecule has 0 saturated carbocycles. The molecule has 3 nitrogen and oxygen atoms in total. The van der Waals surface area contributed by atoms with E-state index in [-0.39, 0.29) is 0 Å². The van der Waals surface area contributed by atoms with Gasteiger partial charge in [-0.2, -0.15) is 0 Å². The summed E-state index contributed by atoms with van der Waals surface area (Å²) in [6.45, 7) is 2.01. The summed E-state index contributed by atoms with van der Waals surface area (Å²) in [5.74, 6) is 1.59. The van der Waals surface area contributed by atoms with Crippen LogP contribution in [0.3, 0.4) is 0 Å². The number of hydrogen-bond donors (Lipinski definition) is 1. The Balaban J connectivity index is 1.89. The molecule has 0 unspecified atom stereocenters. The van der Waals surface area contributed by atoms with Gasteiger partial charge in [-0.3, -0.25) is 0 Å². The third kappa shape index (κ3) is 2.12. The summed E-state index contributed by atoms with van der Waals surface area (Å²) < 4.78 is 0. The molecule has 0 spiro atoms. The zero-order valence-electron chi connectivity index (χ0n) is 9.34. The first kappa shape index (κ1) is 10.2. The smallest absolute Gasteiger partial charge is 0.155 e. The number of allylic oxidation sites excluding steroid dienone is 1. The number of aliphatic imine (C=N–C) groups is 2. The number of aromatic nitrogens is 1. The van der Waals surface area contributed by atoms with E-state index in [2.05, 4.69) is 26.4 Å². The normalized spacial score (nSPS) is 16.8. The van der Waals surface area contributed by atoms with Crippen molar-refractivity contribution in [1.29, 1.82) is 0 Å². The molecule has 3 heterocycles. The third-order valence-electron chi connectivity index (χ3n) is 2.45. The van der Waals surface area contributed by atoms with Gasteiger partial charge in [-0.1, -0.05) is 6.07 Å². The Bertz CT molecular complexity index is 615. The highest BCUT2D eigenvalue weighted by atomic mass is 32.1. The van der Waals surface area contributed by atoms with Gasteiger partial charge in [0.15, 0.2) is 5.84 Å². The molecule has 0 atom stereocenters. The van der Waals surface area contributed by atoms with Gasteiger partial charge in [0.05, 0.1) is 10.6 Å². The Kier molecular flexibility index (Phi) is 2.49. The first-order valence-corrected chi connectivity index (χ1v) is 6.24. The summed E-state index contributed by atoms with van der Waals surface area (Å²) in [5.41, 5.74) is 2.09. The molecule has 4 heteroatoms. The fourth-order valence-electron chi connectivity index (χ4n) is 1.65. The van der Waals surface area contributed by atoms with Gasteiger partial charge in [0, 0.05) is 5.69 Å². The van der Waals surface area contributed by atoms with Gasteiger partial charge in [0.1, 0.15) is 5.82 Å². The highest BCUT2D eigenvalue weighted by Gasteiger charge is 2.08.